The van der Waals surface area contributed by atoms with E-state index < -0.39 is 0 Å². The van der Waals surface area contributed by atoms with Crippen LogP contribution in [0.3, 0.4) is 0 Å². The molecule has 0 unspecified atom stereocenters. The molecule has 0 aromatic carbocycles. The third-order valence-electron chi connectivity index (χ3n) is 3.30. The van der Waals surface area contributed by atoms with Crippen LogP contribution in [0.5, 0.6) is 0 Å². The topological polar surface area (TPSA) is 59.5 Å². The molecule has 1 atom stereocenters. The van der Waals surface area contributed by atoms with Gasteiger partial charge < -0.3 is 9.64 Å². The number of hydrogen-bond donors (Lipinski definition) is 0. The zero-order valence-electron chi connectivity index (χ0n) is 11.3. The predicted molar refractivity (Wildman–Crippen MR) is 77.2 cm³/mol. The monoisotopic (exact) mass is 340 g/mol. The largest absolute Gasteiger partial charge is 0.466 e. The van der Waals surface area contributed by atoms with Gasteiger partial charge >= 0.3 is 5.97 Å². The fourth-order valence-corrected chi connectivity index (χ4v) is 2.70. The number of aromatic nitrogens is 1. The Balaban J connectivity index is 2.05. The highest BCUT2D eigenvalue weighted by Crippen LogP contribution is 2.20. The molecule has 5 nitrogen and oxygen atoms in total. The van der Waals surface area contributed by atoms with E-state index in [1.807, 2.05) is 0 Å². The molecule has 20 heavy (non-hydrogen) atoms. The van der Waals surface area contributed by atoms with Gasteiger partial charge in [-0.2, -0.15) is 0 Å². The number of carbonyl (C=O) groups excluding carboxylic acids is 2. The number of hydrogen-bond acceptors (Lipinski definition) is 4. The van der Waals surface area contributed by atoms with E-state index in [2.05, 4.69) is 20.9 Å². The maximum Gasteiger partial charge on any atom is 0.310 e. The molecule has 1 aromatic heterocycles. The van der Waals surface area contributed by atoms with E-state index in [1.54, 1.807) is 30.2 Å². The Bertz CT molecular complexity index is 507. The second-order valence-electron chi connectivity index (χ2n) is 4.71. The summed E-state index contributed by atoms with van der Waals surface area (Å²) in [5.74, 6) is -0.485. The minimum atomic E-state index is -0.210. The van der Waals surface area contributed by atoms with Crippen LogP contribution in [0, 0.1) is 5.92 Å². The number of pyridine rings is 1. The van der Waals surface area contributed by atoms with Crippen LogP contribution < -0.4 is 0 Å². The van der Waals surface area contributed by atoms with Crippen LogP contribution in [0.4, 0.5) is 0 Å². The molecule has 0 radical (unpaired) electrons. The smallest absolute Gasteiger partial charge is 0.310 e. The Kier molecular flexibility index (Phi) is 5.11. The molecule has 0 N–H and O–H groups in total. The summed E-state index contributed by atoms with van der Waals surface area (Å²) < 4.78 is 5.67. The summed E-state index contributed by atoms with van der Waals surface area (Å²) in [6.07, 6.45) is 3.19. The van der Waals surface area contributed by atoms with Gasteiger partial charge in [0.1, 0.15) is 4.60 Å². The number of esters is 1. The molecule has 108 valence electrons. The first-order chi connectivity index (χ1) is 9.61. The average molecular weight is 341 g/mol. The van der Waals surface area contributed by atoms with Crippen LogP contribution in [0.25, 0.3) is 0 Å². The lowest BCUT2D eigenvalue weighted by molar-refractivity contribution is -0.149. The Morgan fingerprint density at radius 1 is 1.55 bits per heavy atom. The number of nitrogens with zero attached hydrogens (tertiary/aromatic N) is 2. The number of rotatable bonds is 3. The van der Waals surface area contributed by atoms with Crippen molar-refractivity contribution in [3.8, 4) is 0 Å². The highest BCUT2D eigenvalue weighted by Gasteiger charge is 2.29. The van der Waals surface area contributed by atoms with Crippen LogP contribution in [-0.2, 0) is 9.53 Å². The van der Waals surface area contributed by atoms with Gasteiger partial charge in [0.05, 0.1) is 12.5 Å². The van der Waals surface area contributed by atoms with Crippen molar-refractivity contribution in [3.63, 3.8) is 0 Å². The summed E-state index contributed by atoms with van der Waals surface area (Å²) >= 11 is 3.25. The zero-order valence-corrected chi connectivity index (χ0v) is 12.9. The summed E-state index contributed by atoms with van der Waals surface area (Å²) in [5, 5.41) is 0. The third-order valence-corrected chi connectivity index (χ3v) is 3.74. The summed E-state index contributed by atoms with van der Waals surface area (Å²) in [5.41, 5.74) is 0.580. The fraction of sp³-hybridized carbons (Fsp3) is 0.500. The fourth-order valence-electron chi connectivity index (χ4n) is 2.33. The SMILES string of the molecule is CCOC(=O)[C@@H]1CCCN(C(=O)c2ccnc(Br)c2)C1. The van der Waals surface area contributed by atoms with Gasteiger partial charge in [-0.05, 0) is 47.8 Å². The van der Waals surface area contributed by atoms with Crippen LogP contribution in [0.2, 0.25) is 0 Å². The molecule has 1 amide bonds. The molecule has 0 saturated carbocycles. The quantitative estimate of drug-likeness (QED) is 0.625. The van der Waals surface area contributed by atoms with Crippen molar-refractivity contribution < 1.29 is 14.3 Å². The van der Waals surface area contributed by atoms with Gasteiger partial charge in [-0.15, -0.1) is 0 Å². The van der Waals surface area contributed by atoms with E-state index in [0.717, 1.165) is 12.8 Å². The van der Waals surface area contributed by atoms with Gasteiger partial charge in [-0.3, -0.25) is 9.59 Å². The van der Waals surface area contributed by atoms with Crippen molar-refractivity contribution in [1.29, 1.82) is 0 Å². The molecule has 0 aliphatic carbocycles. The summed E-state index contributed by atoms with van der Waals surface area (Å²) in [6.45, 7) is 3.27. The first kappa shape index (κ1) is 15.0. The normalized spacial score (nSPS) is 18.7. The Hall–Kier alpha value is -1.43. The van der Waals surface area contributed by atoms with Crippen molar-refractivity contribution in [2.75, 3.05) is 19.7 Å². The molecule has 1 aliphatic rings. The molecule has 1 fully saturated rings. The predicted octanol–water partition coefficient (Wildman–Crippen LogP) is 2.26. The number of carbonyl (C=O) groups is 2. The summed E-state index contributed by atoms with van der Waals surface area (Å²) in [6, 6.07) is 3.37. The number of likely N-dealkylation sites (tertiary alicyclic amines) is 1. The van der Waals surface area contributed by atoms with Crippen molar-refractivity contribution in [1.82, 2.24) is 9.88 Å². The molecule has 0 spiro atoms. The minimum absolute atomic E-state index is 0.0675. The highest BCUT2D eigenvalue weighted by molar-refractivity contribution is 9.10. The van der Waals surface area contributed by atoms with Gasteiger partial charge in [0, 0.05) is 24.8 Å². The number of halogens is 1. The Morgan fingerprint density at radius 2 is 2.35 bits per heavy atom. The lowest BCUT2D eigenvalue weighted by Crippen LogP contribution is -2.42. The van der Waals surface area contributed by atoms with E-state index in [0.29, 0.717) is 29.9 Å². The van der Waals surface area contributed by atoms with Crippen LogP contribution in [-0.4, -0.2) is 41.5 Å². The molecule has 2 heterocycles. The third kappa shape index (κ3) is 3.56. The van der Waals surface area contributed by atoms with Crippen molar-refractivity contribution in [2.45, 2.75) is 19.8 Å². The molecule has 1 aromatic rings. The molecule has 1 saturated heterocycles. The van der Waals surface area contributed by atoms with Crippen LogP contribution in [0.15, 0.2) is 22.9 Å². The number of piperidine rings is 1. The van der Waals surface area contributed by atoms with E-state index in [-0.39, 0.29) is 17.8 Å². The van der Waals surface area contributed by atoms with E-state index >= 15 is 0 Å². The second-order valence-corrected chi connectivity index (χ2v) is 5.52. The molecule has 6 heteroatoms. The lowest BCUT2D eigenvalue weighted by Gasteiger charge is -2.31. The lowest BCUT2D eigenvalue weighted by atomic mass is 9.97. The molecular weight excluding hydrogens is 324 g/mol. The molecular formula is C14H17BrN2O3. The summed E-state index contributed by atoms with van der Waals surface area (Å²) in [7, 11) is 0. The standard InChI is InChI=1S/C14H17BrN2O3/c1-2-20-14(19)11-4-3-7-17(9-11)13(18)10-5-6-16-12(15)8-10/h5-6,8,11H,2-4,7,9H2,1H3/t11-/m1/s1. The first-order valence-corrected chi connectivity index (χ1v) is 7.48. The zero-order chi connectivity index (χ0) is 14.5. The number of amides is 1. The van der Waals surface area contributed by atoms with Gasteiger partial charge in [0.25, 0.3) is 5.91 Å². The average Bonchev–Trinajstić information content (AvgIpc) is 2.47. The first-order valence-electron chi connectivity index (χ1n) is 6.69. The highest BCUT2D eigenvalue weighted by atomic mass is 79.9. The summed E-state index contributed by atoms with van der Waals surface area (Å²) in [4.78, 5) is 29.9. The maximum absolute atomic E-state index is 12.4. The second kappa shape index (κ2) is 6.83. The van der Waals surface area contributed by atoms with Crippen LogP contribution >= 0.6 is 15.9 Å². The van der Waals surface area contributed by atoms with E-state index in [1.165, 1.54) is 0 Å². The van der Waals surface area contributed by atoms with Gasteiger partial charge in [-0.25, -0.2) is 4.98 Å². The van der Waals surface area contributed by atoms with Crippen molar-refractivity contribution in [3.05, 3.63) is 28.5 Å². The van der Waals surface area contributed by atoms with Gasteiger partial charge in [0.2, 0.25) is 0 Å². The molecule has 2 rings (SSSR count). The Morgan fingerprint density at radius 3 is 3.05 bits per heavy atom. The number of ether oxygens (including phenoxy) is 1. The van der Waals surface area contributed by atoms with Gasteiger partial charge in [0.15, 0.2) is 0 Å². The maximum atomic E-state index is 12.4. The van der Waals surface area contributed by atoms with Gasteiger partial charge in [-0.1, -0.05) is 0 Å². The van der Waals surface area contributed by atoms with Crippen LogP contribution in [0.1, 0.15) is 30.1 Å². The minimum Gasteiger partial charge on any atom is -0.466 e. The van der Waals surface area contributed by atoms with E-state index in [4.69, 9.17) is 4.74 Å². The Labute approximate surface area is 126 Å². The molecule has 1 aliphatic heterocycles. The van der Waals surface area contributed by atoms with Crippen molar-refractivity contribution in [2.24, 2.45) is 5.92 Å². The van der Waals surface area contributed by atoms with Crippen molar-refractivity contribution >= 4 is 27.8 Å². The molecule has 0 bridgehead atoms. The van der Waals surface area contributed by atoms with E-state index in [9.17, 15) is 9.59 Å².